The van der Waals surface area contributed by atoms with E-state index in [1.165, 1.54) is 16.7 Å². The lowest BCUT2D eigenvalue weighted by Gasteiger charge is -2.20. The molecule has 0 saturated carbocycles. The summed E-state index contributed by atoms with van der Waals surface area (Å²) in [6, 6.07) is 10.6. The van der Waals surface area contributed by atoms with E-state index in [1.807, 2.05) is 12.1 Å². The summed E-state index contributed by atoms with van der Waals surface area (Å²) in [6.07, 6.45) is 3.83. The van der Waals surface area contributed by atoms with Crippen molar-refractivity contribution in [3.8, 4) is 0 Å². The van der Waals surface area contributed by atoms with Gasteiger partial charge in [0.25, 0.3) is 0 Å². The molecule has 3 nitrogen and oxygen atoms in total. The van der Waals surface area contributed by atoms with E-state index in [1.54, 1.807) is 6.26 Å². The number of nitrogens with one attached hydrogen (secondary N) is 1. The Bertz CT molecular complexity index is 548. The Kier molecular flexibility index (Phi) is 3.40. The molecule has 100 valence electrons. The maximum atomic E-state index is 9.54. The molecule has 1 aromatic heterocycles. The second-order valence-corrected chi connectivity index (χ2v) is 5.21. The Morgan fingerprint density at radius 3 is 3.05 bits per heavy atom. The lowest BCUT2D eigenvalue weighted by atomic mass is 10.0. The van der Waals surface area contributed by atoms with Gasteiger partial charge in [0.1, 0.15) is 5.76 Å². The first-order valence-corrected chi connectivity index (χ1v) is 6.77. The van der Waals surface area contributed by atoms with E-state index in [0.29, 0.717) is 6.04 Å². The Morgan fingerprint density at radius 2 is 2.32 bits per heavy atom. The Balaban J connectivity index is 1.80. The van der Waals surface area contributed by atoms with Gasteiger partial charge in [-0.1, -0.05) is 23.8 Å². The quantitative estimate of drug-likeness (QED) is 0.885. The summed E-state index contributed by atoms with van der Waals surface area (Å²) in [5.41, 5.74) is 4.07. The normalized spacial score (nSPS) is 19.4. The molecule has 1 aliphatic carbocycles. The van der Waals surface area contributed by atoms with Crippen molar-refractivity contribution in [1.29, 1.82) is 0 Å². The second kappa shape index (κ2) is 5.19. The molecule has 0 saturated heterocycles. The number of furan rings is 1. The molecule has 3 heteroatoms. The molecule has 2 unspecified atom stereocenters. The molecule has 0 bridgehead atoms. The third-order valence-electron chi connectivity index (χ3n) is 3.85. The smallest absolute Gasteiger partial charge is 0.123 e. The lowest BCUT2D eigenvalue weighted by molar-refractivity contribution is 0.214. The van der Waals surface area contributed by atoms with Crippen LogP contribution in [-0.2, 0) is 6.42 Å². The number of aliphatic hydroxyl groups is 1. The predicted molar refractivity (Wildman–Crippen MR) is 73.9 cm³/mol. The van der Waals surface area contributed by atoms with Gasteiger partial charge in [-0.15, -0.1) is 0 Å². The van der Waals surface area contributed by atoms with Crippen LogP contribution < -0.4 is 5.32 Å². The molecule has 0 spiro atoms. The number of rotatable bonds is 4. The monoisotopic (exact) mass is 257 g/mol. The summed E-state index contributed by atoms with van der Waals surface area (Å²) in [5, 5.41) is 13.0. The summed E-state index contributed by atoms with van der Waals surface area (Å²) in [7, 11) is 0. The fourth-order valence-electron chi connectivity index (χ4n) is 2.85. The van der Waals surface area contributed by atoms with E-state index in [9.17, 15) is 5.11 Å². The SMILES string of the molecule is Cc1ccc2c(c1)C(NC(CO)c1ccco1)CC2. The number of hydrogen-bond acceptors (Lipinski definition) is 3. The highest BCUT2D eigenvalue weighted by molar-refractivity contribution is 5.37. The predicted octanol–water partition coefficient (Wildman–Crippen LogP) is 2.90. The number of aryl methyl sites for hydroxylation is 2. The van der Waals surface area contributed by atoms with Gasteiger partial charge in [0.2, 0.25) is 0 Å². The minimum absolute atomic E-state index is 0.0468. The van der Waals surface area contributed by atoms with Crippen molar-refractivity contribution in [3.05, 3.63) is 59.0 Å². The van der Waals surface area contributed by atoms with Crippen molar-refractivity contribution in [2.45, 2.75) is 31.8 Å². The van der Waals surface area contributed by atoms with Crippen LogP contribution in [0.25, 0.3) is 0 Å². The zero-order valence-electron chi connectivity index (χ0n) is 11.1. The zero-order valence-corrected chi connectivity index (χ0v) is 11.1. The first-order chi connectivity index (χ1) is 9.28. The molecule has 2 N–H and O–H groups in total. The topological polar surface area (TPSA) is 45.4 Å². The Hall–Kier alpha value is -1.58. The highest BCUT2D eigenvalue weighted by atomic mass is 16.3. The van der Waals surface area contributed by atoms with Crippen molar-refractivity contribution in [1.82, 2.24) is 5.32 Å². The molecule has 2 aromatic rings. The Labute approximate surface area is 113 Å². The Morgan fingerprint density at radius 1 is 1.42 bits per heavy atom. The molecule has 1 aliphatic rings. The number of aliphatic hydroxyl groups excluding tert-OH is 1. The first kappa shape index (κ1) is 12.5. The van der Waals surface area contributed by atoms with Crippen LogP contribution in [0.5, 0.6) is 0 Å². The molecule has 0 fully saturated rings. The van der Waals surface area contributed by atoms with Crippen LogP contribution in [0, 0.1) is 6.92 Å². The van der Waals surface area contributed by atoms with Crippen LogP contribution in [0.2, 0.25) is 0 Å². The van der Waals surface area contributed by atoms with Crippen molar-refractivity contribution >= 4 is 0 Å². The van der Waals surface area contributed by atoms with Crippen molar-refractivity contribution < 1.29 is 9.52 Å². The average Bonchev–Trinajstić information content (AvgIpc) is 3.05. The van der Waals surface area contributed by atoms with Gasteiger partial charge in [-0.2, -0.15) is 0 Å². The van der Waals surface area contributed by atoms with Gasteiger partial charge in [-0.3, -0.25) is 5.32 Å². The third-order valence-corrected chi connectivity index (χ3v) is 3.85. The minimum Gasteiger partial charge on any atom is -0.468 e. The molecule has 0 aliphatic heterocycles. The fourth-order valence-corrected chi connectivity index (χ4v) is 2.85. The highest BCUT2D eigenvalue weighted by Crippen LogP contribution is 2.33. The largest absolute Gasteiger partial charge is 0.468 e. The molecule has 2 atom stereocenters. The zero-order chi connectivity index (χ0) is 13.2. The van der Waals surface area contributed by atoms with E-state index in [2.05, 4.69) is 30.4 Å². The molecule has 19 heavy (non-hydrogen) atoms. The van der Waals surface area contributed by atoms with Gasteiger partial charge in [0, 0.05) is 6.04 Å². The van der Waals surface area contributed by atoms with Gasteiger partial charge < -0.3 is 9.52 Å². The van der Waals surface area contributed by atoms with E-state index in [0.717, 1.165) is 18.6 Å². The van der Waals surface area contributed by atoms with Gasteiger partial charge >= 0.3 is 0 Å². The summed E-state index contributed by atoms with van der Waals surface area (Å²) in [4.78, 5) is 0. The summed E-state index contributed by atoms with van der Waals surface area (Å²) in [5.74, 6) is 0.795. The van der Waals surface area contributed by atoms with E-state index < -0.39 is 0 Å². The van der Waals surface area contributed by atoms with Gasteiger partial charge in [0.15, 0.2) is 0 Å². The summed E-state index contributed by atoms with van der Waals surface area (Å²) >= 11 is 0. The number of fused-ring (bicyclic) bond motifs is 1. The molecule has 1 aromatic carbocycles. The highest BCUT2D eigenvalue weighted by Gasteiger charge is 2.26. The van der Waals surface area contributed by atoms with Crippen LogP contribution in [-0.4, -0.2) is 11.7 Å². The van der Waals surface area contributed by atoms with Crippen LogP contribution in [0.4, 0.5) is 0 Å². The van der Waals surface area contributed by atoms with E-state index in [4.69, 9.17) is 4.42 Å². The van der Waals surface area contributed by atoms with Gasteiger partial charge in [0.05, 0.1) is 18.9 Å². The summed E-state index contributed by atoms with van der Waals surface area (Å²) in [6.45, 7) is 2.16. The van der Waals surface area contributed by atoms with Gasteiger partial charge in [-0.05, 0) is 43.0 Å². The average molecular weight is 257 g/mol. The van der Waals surface area contributed by atoms with Crippen LogP contribution in [0.15, 0.2) is 41.0 Å². The van der Waals surface area contributed by atoms with Crippen LogP contribution >= 0.6 is 0 Å². The minimum atomic E-state index is -0.133. The van der Waals surface area contributed by atoms with Crippen LogP contribution in [0.1, 0.15) is 41.0 Å². The fraction of sp³-hybridized carbons (Fsp3) is 0.375. The van der Waals surface area contributed by atoms with Crippen molar-refractivity contribution in [3.63, 3.8) is 0 Å². The molecular formula is C16H19NO2. The first-order valence-electron chi connectivity index (χ1n) is 6.77. The third kappa shape index (κ3) is 2.44. The van der Waals surface area contributed by atoms with Crippen LogP contribution in [0.3, 0.4) is 0 Å². The van der Waals surface area contributed by atoms with E-state index >= 15 is 0 Å². The van der Waals surface area contributed by atoms with Crippen molar-refractivity contribution in [2.24, 2.45) is 0 Å². The molecule has 0 radical (unpaired) electrons. The standard InChI is InChI=1S/C16H19NO2/c1-11-4-5-12-6-7-14(13(12)9-11)17-15(10-18)16-3-2-8-19-16/h2-5,8-9,14-15,17-18H,6-7,10H2,1H3. The van der Waals surface area contributed by atoms with Crippen molar-refractivity contribution in [2.75, 3.05) is 6.61 Å². The van der Waals surface area contributed by atoms with Gasteiger partial charge in [-0.25, -0.2) is 0 Å². The maximum absolute atomic E-state index is 9.54. The lowest BCUT2D eigenvalue weighted by Crippen LogP contribution is -2.27. The number of hydrogen-bond donors (Lipinski definition) is 2. The molecular weight excluding hydrogens is 238 g/mol. The second-order valence-electron chi connectivity index (χ2n) is 5.21. The number of benzene rings is 1. The maximum Gasteiger partial charge on any atom is 0.123 e. The van der Waals surface area contributed by atoms with E-state index in [-0.39, 0.29) is 12.6 Å². The summed E-state index contributed by atoms with van der Waals surface area (Å²) < 4.78 is 5.39. The molecule has 3 rings (SSSR count). The molecule has 1 heterocycles. The molecule has 0 amide bonds.